The molecule has 162 valence electrons. The molecule has 3 rings (SSSR count). The van der Waals surface area contributed by atoms with Gasteiger partial charge < -0.3 is 10.6 Å². The number of hydrogen-bond donors (Lipinski definition) is 3. The maximum atomic E-state index is 13.0. The molecule has 31 heavy (non-hydrogen) atoms. The topological polar surface area (TPSA) is 91.8 Å². The Labute approximate surface area is 181 Å². The van der Waals surface area contributed by atoms with Gasteiger partial charge in [-0.3, -0.25) is 10.3 Å². The number of anilines is 3. The smallest absolute Gasteiger partial charge is 0.370 e. The first-order valence-corrected chi connectivity index (χ1v) is 9.53. The Morgan fingerprint density at radius 3 is 2.61 bits per heavy atom. The van der Waals surface area contributed by atoms with Gasteiger partial charge in [-0.15, -0.1) is 0 Å². The van der Waals surface area contributed by atoms with Gasteiger partial charge in [0.25, 0.3) is 0 Å². The average molecular weight is 451 g/mol. The highest BCUT2D eigenvalue weighted by atomic mass is 35.5. The van der Waals surface area contributed by atoms with Crippen molar-refractivity contribution in [2.24, 2.45) is 0 Å². The van der Waals surface area contributed by atoms with Crippen molar-refractivity contribution in [2.45, 2.75) is 19.5 Å². The predicted molar refractivity (Wildman–Crippen MR) is 112 cm³/mol. The second-order valence-electron chi connectivity index (χ2n) is 6.49. The number of benzene rings is 1. The van der Waals surface area contributed by atoms with E-state index in [0.717, 1.165) is 17.8 Å². The van der Waals surface area contributed by atoms with Gasteiger partial charge in [0, 0.05) is 42.3 Å². The normalized spacial score (nSPS) is 11.1. The van der Waals surface area contributed by atoms with E-state index in [1.165, 1.54) is 6.07 Å². The number of halogens is 4. The molecule has 0 fully saturated rings. The molecule has 0 bridgehead atoms. The molecule has 0 atom stereocenters. The number of amides is 2. The molecule has 0 saturated heterocycles. The Balaban J connectivity index is 1.62. The van der Waals surface area contributed by atoms with Crippen LogP contribution in [0.15, 0.2) is 48.7 Å². The van der Waals surface area contributed by atoms with Crippen LogP contribution in [0.1, 0.15) is 17.0 Å². The van der Waals surface area contributed by atoms with Crippen LogP contribution in [0, 0.1) is 6.92 Å². The lowest BCUT2D eigenvalue weighted by atomic mass is 10.2. The number of aromatic nitrogens is 3. The summed E-state index contributed by atoms with van der Waals surface area (Å²) in [5.74, 6) is 0.493. The highest BCUT2D eigenvalue weighted by Gasteiger charge is 2.33. The molecular weight excluding hydrogens is 433 g/mol. The summed E-state index contributed by atoms with van der Waals surface area (Å²) >= 11 is 5.58. The van der Waals surface area contributed by atoms with Crippen LogP contribution in [0.5, 0.6) is 0 Å². The Bertz CT molecular complexity index is 1060. The first kappa shape index (κ1) is 22.3. The van der Waals surface area contributed by atoms with Crippen LogP contribution in [0.3, 0.4) is 0 Å². The van der Waals surface area contributed by atoms with Crippen molar-refractivity contribution in [1.29, 1.82) is 0 Å². The molecule has 0 aliphatic heterocycles. The Morgan fingerprint density at radius 1 is 1.10 bits per heavy atom. The second kappa shape index (κ2) is 9.61. The number of alkyl halides is 3. The van der Waals surface area contributed by atoms with Gasteiger partial charge in [-0.25, -0.2) is 9.78 Å². The number of carbonyl (C=O) groups is 1. The lowest BCUT2D eigenvalue weighted by molar-refractivity contribution is -0.137. The van der Waals surface area contributed by atoms with Crippen molar-refractivity contribution >= 4 is 35.1 Å². The van der Waals surface area contributed by atoms with Crippen molar-refractivity contribution in [2.75, 3.05) is 22.5 Å². The molecule has 2 aromatic heterocycles. The van der Waals surface area contributed by atoms with Crippen LogP contribution in [0.2, 0.25) is 5.02 Å². The molecule has 7 nitrogen and oxygen atoms in total. The van der Waals surface area contributed by atoms with E-state index in [4.69, 9.17) is 11.6 Å². The summed E-state index contributed by atoms with van der Waals surface area (Å²) in [6, 6.07) is 9.63. The van der Waals surface area contributed by atoms with E-state index < -0.39 is 22.8 Å². The monoisotopic (exact) mass is 450 g/mol. The quantitative estimate of drug-likeness (QED) is 0.483. The summed E-state index contributed by atoms with van der Waals surface area (Å²) in [7, 11) is 0. The van der Waals surface area contributed by atoms with E-state index in [1.54, 1.807) is 19.2 Å². The molecular formula is C20H18ClF3N6O. The Kier molecular flexibility index (Phi) is 6.91. The predicted octanol–water partition coefficient (Wildman–Crippen LogP) is 5.15. The van der Waals surface area contributed by atoms with E-state index in [9.17, 15) is 18.0 Å². The third-order valence-corrected chi connectivity index (χ3v) is 4.35. The molecule has 0 radical (unpaired) electrons. The van der Waals surface area contributed by atoms with Crippen molar-refractivity contribution in [3.8, 4) is 0 Å². The zero-order valence-corrected chi connectivity index (χ0v) is 17.1. The van der Waals surface area contributed by atoms with Crippen LogP contribution in [0.4, 0.5) is 35.4 Å². The second-order valence-corrected chi connectivity index (χ2v) is 6.89. The largest absolute Gasteiger partial charge is 0.417 e. The van der Waals surface area contributed by atoms with Crippen molar-refractivity contribution < 1.29 is 18.0 Å². The molecule has 0 unspecified atom stereocenters. The van der Waals surface area contributed by atoms with Crippen LogP contribution in [-0.4, -0.2) is 27.5 Å². The van der Waals surface area contributed by atoms with Crippen molar-refractivity contribution in [1.82, 2.24) is 15.0 Å². The first-order valence-electron chi connectivity index (χ1n) is 9.15. The van der Waals surface area contributed by atoms with E-state index in [2.05, 4.69) is 30.9 Å². The average Bonchev–Trinajstić information content (AvgIpc) is 2.69. The minimum Gasteiger partial charge on any atom is -0.370 e. The summed E-state index contributed by atoms with van der Waals surface area (Å²) in [5.41, 5.74) is 0.393. The Morgan fingerprint density at radius 2 is 1.90 bits per heavy atom. The minimum atomic E-state index is -4.64. The van der Waals surface area contributed by atoms with Crippen LogP contribution in [0.25, 0.3) is 0 Å². The Hall–Kier alpha value is -3.40. The lowest BCUT2D eigenvalue weighted by Gasteiger charge is -2.12. The number of hydrogen-bond acceptors (Lipinski definition) is 5. The van der Waals surface area contributed by atoms with Gasteiger partial charge in [0.05, 0.1) is 10.6 Å². The van der Waals surface area contributed by atoms with Gasteiger partial charge in [0.2, 0.25) is 5.95 Å². The summed E-state index contributed by atoms with van der Waals surface area (Å²) in [6.07, 6.45) is -2.25. The van der Waals surface area contributed by atoms with Crippen LogP contribution >= 0.6 is 11.6 Å². The third kappa shape index (κ3) is 6.54. The molecule has 3 aromatic rings. The number of pyridine rings is 1. The van der Waals surface area contributed by atoms with Crippen LogP contribution in [-0.2, 0) is 12.6 Å². The number of nitrogens with zero attached hydrogens (tertiary/aromatic N) is 3. The molecule has 3 N–H and O–H groups in total. The first-order chi connectivity index (χ1) is 14.7. The molecule has 2 amide bonds. The number of nitrogens with one attached hydrogen (secondary N) is 3. The molecule has 1 aromatic carbocycles. The van der Waals surface area contributed by atoms with Gasteiger partial charge in [-0.1, -0.05) is 17.7 Å². The maximum Gasteiger partial charge on any atom is 0.417 e. The summed E-state index contributed by atoms with van der Waals surface area (Å²) < 4.78 is 38.9. The van der Waals surface area contributed by atoms with Gasteiger partial charge in [-0.05, 0) is 37.3 Å². The number of carbonyl (C=O) groups excluding carboxylic acids is 1. The molecule has 11 heteroatoms. The maximum absolute atomic E-state index is 13.0. The molecule has 0 spiro atoms. The number of urea groups is 1. The third-order valence-electron chi connectivity index (χ3n) is 4.02. The van der Waals surface area contributed by atoms with Gasteiger partial charge in [0.15, 0.2) is 0 Å². The fraction of sp³-hybridized carbons (Fsp3) is 0.200. The fourth-order valence-corrected chi connectivity index (χ4v) is 2.89. The molecule has 0 saturated carbocycles. The fourth-order valence-electron chi connectivity index (χ4n) is 2.66. The zero-order valence-electron chi connectivity index (χ0n) is 16.3. The minimum absolute atomic E-state index is 0.00263. The number of aryl methyl sites for hydroxylation is 1. The van der Waals surface area contributed by atoms with Crippen molar-refractivity contribution in [3.05, 3.63) is 70.6 Å². The standard InChI is InChI=1S/C20H18ClF3N6O/c1-12-10-17(26-9-7-13-4-2-3-8-25-13)29-18(27-12)30-19(31)28-14-5-6-16(21)15(11-14)20(22,23)24/h2-6,8,10-11H,7,9H2,1H3,(H3,26,27,28,29,30,31). The van der Waals surface area contributed by atoms with Gasteiger partial charge in [0.1, 0.15) is 5.82 Å². The van der Waals surface area contributed by atoms with Crippen molar-refractivity contribution in [3.63, 3.8) is 0 Å². The molecule has 0 aliphatic rings. The van der Waals surface area contributed by atoms with Crippen LogP contribution < -0.4 is 16.0 Å². The zero-order chi connectivity index (χ0) is 22.4. The lowest BCUT2D eigenvalue weighted by Crippen LogP contribution is -2.22. The highest BCUT2D eigenvalue weighted by Crippen LogP contribution is 2.36. The van der Waals surface area contributed by atoms with Gasteiger partial charge >= 0.3 is 12.2 Å². The summed E-state index contributed by atoms with van der Waals surface area (Å²) in [6.45, 7) is 2.29. The van der Waals surface area contributed by atoms with E-state index in [0.29, 0.717) is 24.5 Å². The highest BCUT2D eigenvalue weighted by molar-refractivity contribution is 6.31. The van der Waals surface area contributed by atoms with E-state index >= 15 is 0 Å². The number of rotatable bonds is 6. The summed E-state index contributed by atoms with van der Waals surface area (Å²) in [5, 5.41) is 7.40. The van der Waals surface area contributed by atoms with Gasteiger partial charge in [-0.2, -0.15) is 18.2 Å². The van der Waals surface area contributed by atoms with E-state index in [1.807, 2.05) is 18.2 Å². The molecule has 0 aliphatic carbocycles. The van der Waals surface area contributed by atoms with E-state index in [-0.39, 0.29) is 11.6 Å². The SMILES string of the molecule is Cc1cc(NCCc2ccccn2)nc(NC(=O)Nc2ccc(Cl)c(C(F)(F)F)c2)n1. The summed E-state index contributed by atoms with van der Waals surface area (Å²) in [4.78, 5) is 24.8. The molecule has 2 heterocycles.